The molecule has 3 rings (SSSR count). The third kappa shape index (κ3) is 2.02. The molecule has 20 heavy (non-hydrogen) atoms. The summed E-state index contributed by atoms with van der Waals surface area (Å²) in [6, 6.07) is 3.92. The fraction of sp³-hybridized carbons (Fsp3) is 0.533. The number of aryl methyl sites for hydroxylation is 1. The summed E-state index contributed by atoms with van der Waals surface area (Å²) in [5.74, 6) is 1.78. The van der Waals surface area contributed by atoms with Crippen LogP contribution >= 0.6 is 0 Å². The highest BCUT2D eigenvalue weighted by Crippen LogP contribution is 2.37. The minimum absolute atomic E-state index is 0.0477. The van der Waals surface area contributed by atoms with Crippen molar-refractivity contribution in [3.8, 4) is 11.5 Å². The van der Waals surface area contributed by atoms with Crippen LogP contribution in [-0.2, 0) is 5.41 Å². The molecule has 1 fully saturated rings. The van der Waals surface area contributed by atoms with E-state index in [2.05, 4.69) is 34.3 Å². The quantitative estimate of drug-likeness (QED) is 0.929. The van der Waals surface area contributed by atoms with E-state index in [9.17, 15) is 0 Å². The molecular weight excluding hydrogens is 252 g/mol. The zero-order valence-electron chi connectivity index (χ0n) is 12.2. The van der Waals surface area contributed by atoms with Crippen molar-refractivity contribution in [1.29, 1.82) is 0 Å². The predicted molar refractivity (Wildman–Crippen MR) is 76.3 cm³/mol. The summed E-state index contributed by atoms with van der Waals surface area (Å²) in [4.78, 5) is 8.99. The average molecular weight is 272 g/mol. The number of hydrogen-bond donors (Lipinski definition) is 1. The highest BCUT2D eigenvalue weighted by molar-refractivity contribution is 5.53. The Balaban J connectivity index is 2.00. The first-order valence-corrected chi connectivity index (χ1v) is 7.10. The van der Waals surface area contributed by atoms with Crippen molar-refractivity contribution in [3.05, 3.63) is 29.8 Å². The maximum atomic E-state index is 5.58. The monoisotopic (exact) mass is 272 g/mol. The summed E-state index contributed by atoms with van der Waals surface area (Å²) >= 11 is 0. The Kier molecular flexibility index (Phi) is 3.30. The van der Waals surface area contributed by atoms with Crippen LogP contribution in [0.15, 0.2) is 22.9 Å². The molecule has 5 nitrogen and oxygen atoms in total. The van der Waals surface area contributed by atoms with Gasteiger partial charge in [-0.3, -0.25) is 4.98 Å². The van der Waals surface area contributed by atoms with Crippen LogP contribution in [0.25, 0.3) is 11.5 Å². The predicted octanol–water partition coefficient (Wildman–Crippen LogP) is 2.33. The van der Waals surface area contributed by atoms with Crippen LogP contribution in [0.2, 0.25) is 0 Å². The van der Waals surface area contributed by atoms with Gasteiger partial charge in [0.05, 0.1) is 5.41 Å². The van der Waals surface area contributed by atoms with Crippen molar-refractivity contribution < 1.29 is 4.52 Å². The molecule has 1 aliphatic heterocycles. The molecule has 0 aliphatic carbocycles. The lowest BCUT2D eigenvalue weighted by Crippen LogP contribution is -2.35. The molecule has 0 saturated carbocycles. The first-order valence-electron chi connectivity index (χ1n) is 7.10. The zero-order chi connectivity index (χ0) is 14.2. The van der Waals surface area contributed by atoms with E-state index >= 15 is 0 Å². The van der Waals surface area contributed by atoms with Gasteiger partial charge in [-0.2, -0.15) is 4.98 Å². The lowest BCUT2D eigenvalue weighted by molar-refractivity contribution is 0.234. The smallest absolute Gasteiger partial charge is 0.234 e. The van der Waals surface area contributed by atoms with Crippen molar-refractivity contribution >= 4 is 0 Å². The van der Waals surface area contributed by atoms with E-state index < -0.39 is 0 Å². The van der Waals surface area contributed by atoms with Gasteiger partial charge in [-0.15, -0.1) is 0 Å². The summed E-state index contributed by atoms with van der Waals surface area (Å²) in [6.45, 7) is 8.32. The van der Waals surface area contributed by atoms with Crippen LogP contribution in [0, 0.1) is 12.8 Å². The molecule has 0 amide bonds. The lowest BCUT2D eigenvalue weighted by atomic mass is 9.76. The second kappa shape index (κ2) is 4.98. The van der Waals surface area contributed by atoms with Gasteiger partial charge < -0.3 is 9.84 Å². The van der Waals surface area contributed by atoms with Crippen LogP contribution in [0.4, 0.5) is 0 Å². The Morgan fingerprint density at radius 2 is 2.25 bits per heavy atom. The Hall–Kier alpha value is -1.75. The van der Waals surface area contributed by atoms with Crippen molar-refractivity contribution in [1.82, 2.24) is 20.4 Å². The van der Waals surface area contributed by atoms with Gasteiger partial charge in [0, 0.05) is 12.7 Å². The number of rotatable bonds is 3. The number of pyridine rings is 1. The van der Waals surface area contributed by atoms with Gasteiger partial charge in [-0.25, -0.2) is 0 Å². The molecule has 1 saturated heterocycles. The Morgan fingerprint density at radius 3 is 2.90 bits per heavy atom. The van der Waals surface area contributed by atoms with E-state index in [-0.39, 0.29) is 5.41 Å². The van der Waals surface area contributed by atoms with Crippen LogP contribution in [0.1, 0.15) is 31.7 Å². The van der Waals surface area contributed by atoms with E-state index in [1.807, 2.05) is 19.1 Å². The molecule has 1 aliphatic rings. The Bertz CT molecular complexity index is 599. The van der Waals surface area contributed by atoms with Crippen molar-refractivity contribution in [2.24, 2.45) is 5.92 Å². The molecule has 0 aromatic carbocycles. The zero-order valence-corrected chi connectivity index (χ0v) is 12.2. The topological polar surface area (TPSA) is 63.8 Å². The second-order valence-electron chi connectivity index (χ2n) is 5.83. The second-order valence-corrected chi connectivity index (χ2v) is 5.83. The molecule has 1 N–H and O–H groups in total. The van der Waals surface area contributed by atoms with Gasteiger partial charge in [0.2, 0.25) is 11.7 Å². The van der Waals surface area contributed by atoms with Crippen LogP contribution < -0.4 is 5.32 Å². The highest BCUT2D eigenvalue weighted by atomic mass is 16.5. The normalized spacial score (nSPS) is 22.6. The molecule has 2 aromatic heterocycles. The van der Waals surface area contributed by atoms with Gasteiger partial charge >= 0.3 is 0 Å². The maximum absolute atomic E-state index is 5.58. The maximum Gasteiger partial charge on any atom is 0.234 e. The number of nitrogens with zero attached hydrogens (tertiary/aromatic N) is 3. The lowest BCUT2D eigenvalue weighted by Gasteiger charge is -2.27. The first-order chi connectivity index (χ1) is 9.63. The van der Waals surface area contributed by atoms with Crippen LogP contribution in [0.5, 0.6) is 0 Å². The van der Waals surface area contributed by atoms with Gasteiger partial charge in [0.1, 0.15) is 5.69 Å². The van der Waals surface area contributed by atoms with Gasteiger partial charge in [0.15, 0.2) is 0 Å². The van der Waals surface area contributed by atoms with E-state index in [1.54, 1.807) is 6.20 Å². The van der Waals surface area contributed by atoms with Crippen molar-refractivity contribution in [2.45, 2.75) is 32.6 Å². The van der Waals surface area contributed by atoms with E-state index in [4.69, 9.17) is 4.52 Å². The Morgan fingerprint density at radius 1 is 1.40 bits per heavy atom. The van der Waals surface area contributed by atoms with E-state index in [0.717, 1.165) is 36.7 Å². The average Bonchev–Trinajstić information content (AvgIpc) is 3.09. The summed E-state index contributed by atoms with van der Waals surface area (Å²) in [6.07, 6.45) is 2.79. The molecule has 3 heterocycles. The summed E-state index contributed by atoms with van der Waals surface area (Å²) in [7, 11) is 0. The molecule has 1 unspecified atom stereocenters. The molecule has 0 spiro atoms. The molecule has 5 heteroatoms. The molecule has 1 atom stereocenters. The minimum Gasteiger partial charge on any atom is -0.338 e. The largest absolute Gasteiger partial charge is 0.338 e. The number of aromatic nitrogens is 3. The van der Waals surface area contributed by atoms with Crippen molar-refractivity contribution in [3.63, 3.8) is 0 Å². The Labute approximate surface area is 118 Å². The minimum atomic E-state index is -0.0477. The number of hydrogen-bond acceptors (Lipinski definition) is 5. The fourth-order valence-electron chi connectivity index (χ4n) is 2.88. The van der Waals surface area contributed by atoms with Crippen LogP contribution in [0.3, 0.4) is 0 Å². The summed E-state index contributed by atoms with van der Waals surface area (Å²) < 4.78 is 5.58. The fourth-order valence-corrected chi connectivity index (χ4v) is 2.88. The van der Waals surface area contributed by atoms with Gasteiger partial charge in [-0.05, 0) is 37.4 Å². The summed E-state index contributed by atoms with van der Waals surface area (Å²) in [5, 5.41) is 7.55. The molecule has 106 valence electrons. The van der Waals surface area contributed by atoms with Gasteiger partial charge in [0.25, 0.3) is 0 Å². The molecular formula is C15H20N4O. The third-order valence-corrected chi connectivity index (χ3v) is 4.37. The van der Waals surface area contributed by atoms with Crippen molar-refractivity contribution in [2.75, 3.05) is 13.1 Å². The number of nitrogens with one attached hydrogen (secondary N) is 1. The van der Waals surface area contributed by atoms with Gasteiger partial charge in [-0.1, -0.05) is 25.1 Å². The summed E-state index contributed by atoms with van der Waals surface area (Å²) in [5.41, 5.74) is 1.81. The molecule has 0 bridgehead atoms. The van der Waals surface area contributed by atoms with E-state index in [0.29, 0.717) is 11.7 Å². The third-order valence-electron chi connectivity index (χ3n) is 4.37. The van der Waals surface area contributed by atoms with E-state index in [1.165, 1.54) is 0 Å². The standard InChI is InChI=1S/C15H20N4O/c1-10(2)15(6-8-16-9-15)14-18-13(19-20-14)12-11(3)5-4-7-17-12/h4-5,7,10,16H,6,8-9H2,1-3H3. The molecule has 2 aromatic rings. The molecule has 0 radical (unpaired) electrons. The van der Waals surface area contributed by atoms with Crippen LogP contribution in [-0.4, -0.2) is 28.2 Å². The highest BCUT2D eigenvalue weighted by Gasteiger charge is 2.43. The first kappa shape index (κ1) is 13.2. The SMILES string of the molecule is Cc1cccnc1-c1noc(C2(C(C)C)CCNC2)n1.